The van der Waals surface area contributed by atoms with Gasteiger partial charge in [-0.25, -0.2) is 4.79 Å². The predicted octanol–water partition coefficient (Wildman–Crippen LogP) is 3.46. The van der Waals surface area contributed by atoms with Gasteiger partial charge in [0.1, 0.15) is 5.60 Å². The second-order valence-corrected chi connectivity index (χ2v) is 8.49. The van der Waals surface area contributed by atoms with E-state index in [1.54, 1.807) is 44.2 Å². The van der Waals surface area contributed by atoms with Crippen molar-refractivity contribution in [2.24, 2.45) is 0 Å². The summed E-state index contributed by atoms with van der Waals surface area (Å²) in [6.45, 7) is 5.95. The largest absolute Gasteiger partial charge is 0.444 e. The minimum Gasteiger partial charge on any atom is -0.444 e. The molecule has 3 amide bonds. The van der Waals surface area contributed by atoms with E-state index in [2.05, 4.69) is 16.0 Å². The highest BCUT2D eigenvalue weighted by Crippen LogP contribution is 2.11. The number of thiophene rings is 1. The van der Waals surface area contributed by atoms with Crippen LogP contribution in [0.2, 0.25) is 0 Å². The van der Waals surface area contributed by atoms with Crippen LogP contribution < -0.4 is 16.0 Å². The van der Waals surface area contributed by atoms with Crippen LogP contribution >= 0.6 is 11.3 Å². The normalized spacial score (nSPS) is 10.9. The van der Waals surface area contributed by atoms with Gasteiger partial charge in [0.05, 0.1) is 6.42 Å². The van der Waals surface area contributed by atoms with E-state index in [4.69, 9.17) is 4.74 Å². The maximum atomic E-state index is 12.0. The summed E-state index contributed by atoms with van der Waals surface area (Å²) in [6, 6.07) is 11.1. The molecule has 0 saturated heterocycles. The lowest BCUT2D eigenvalue weighted by molar-refractivity contribution is -0.120. The van der Waals surface area contributed by atoms with Crippen molar-refractivity contribution in [1.82, 2.24) is 10.6 Å². The van der Waals surface area contributed by atoms with Crippen molar-refractivity contribution in [1.29, 1.82) is 0 Å². The summed E-state index contributed by atoms with van der Waals surface area (Å²) in [4.78, 5) is 36.5. The van der Waals surface area contributed by atoms with Crippen LogP contribution in [0.5, 0.6) is 0 Å². The summed E-state index contributed by atoms with van der Waals surface area (Å²) in [5.74, 6) is -0.236. The first-order chi connectivity index (χ1) is 13.7. The van der Waals surface area contributed by atoms with Crippen LogP contribution in [0.25, 0.3) is 0 Å². The highest BCUT2D eigenvalue weighted by atomic mass is 32.1. The maximum Gasteiger partial charge on any atom is 0.407 e. The molecule has 0 bridgehead atoms. The number of rotatable bonds is 8. The van der Waals surface area contributed by atoms with Crippen molar-refractivity contribution < 1.29 is 19.1 Å². The first-order valence-electron chi connectivity index (χ1n) is 9.36. The van der Waals surface area contributed by atoms with Gasteiger partial charge in [-0.1, -0.05) is 18.2 Å². The molecule has 7 nitrogen and oxygen atoms in total. The summed E-state index contributed by atoms with van der Waals surface area (Å²) in [5.41, 5.74) is 1.02. The standard InChI is InChI=1S/C21H27N3O4S/c1-21(2,3)28-20(27)22-11-10-18(25)24-16-8-6-15(7-9-16)14-23-19(26)13-17-5-4-12-29-17/h4-9,12H,10-11,13-14H2,1-3H3,(H,22,27)(H,23,26)(H,24,25). The van der Waals surface area contributed by atoms with E-state index >= 15 is 0 Å². The van der Waals surface area contributed by atoms with Crippen LogP contribution in [0.15, 0.2) is 41.8 Å². The summed E-state index contributed by atoms with van der Waals surface area (Å²) in [6.07, 6.45) is -0.0288. The first-order valence-corrected chi connectivity index (χ1v) is 10.2. The second-order valence-electron chi connectivity index (χ2n) is 7.46. The summed E-state index contributed by atoms with van der Waals surface area (Å²) < 4.78 is 5.11. The van der Waals surface area contributed by atoms with Gasteiger partial charge in [-0.2, -0.15) is 0 Å². The third-order valence-corrected chi connectivity index (χ3v) is 4.54. The Labute approximate surface area is 174 Å². The summed E-state index contributed by atoms with van der Waals surface area (Å²) >= 11 is 1.56. The number of hydrogen-bond acceptors (Lipinski definition) is 5. The molecule has 0 aliphatic rings. The molecule has 156 valence electrons. The zero-order valence-electron chi connectivity index (χ0n) is 16.9. The molecule has 0 aliphatic carbocycles. The van der Waals surface area contributed by atoms with Gasteiger partial charge in [0.2, 0.25) is 11.8 Å². The number of carbonyl (C=O) groups excluding carboxylic acids is 3. The van der Waals surface area contributed by atoms with Crippen molar-refractivity contribution in [3.63, 3.8) is 0 Å². The number of benzene rings is 1. The number of nitrogens with one attached hydrogen (secondary N) is 3. The van der Waals surface area contributed by atoms with E-state index in [1.165, 1.54) is 0 Å². The van der Waals surface area contributed by atoms with Gasteiger partial charge in [0, 0.05) is 30.1 Å². The lowest BCUT2D eigenvalue weighted by Gasteiger charge is -2.19. The summed E-state index contributed by atoms with van der Waals surface area (Å²) in [5, 5.41) is 10.1. The van der Waals surface area contributed by atoms with Gasteiger partial charge in [-0.3, -0.25) is 9.59 Å². The molecule has 2 rings (SSSR count). The van der Waals surface area contributed by atoms with E-state index in [1.807, 2.05) is 29.6 Å². The molecule has 1 aromatic carbocycles. The molecule has 0 aliphatic heterocycles. The first kappa shape index (κ1) is 22.4. The van der Waals surface area contributed by atoms with Crippen LogP contribution in [0, 0.1) is 0 Å². The SMILES string of the molecule is CC(C)(C)OC(=O)NCCC(=O)Nc1ccc(CNC(=O)Cc2cccs2)cc1. The number of carbonyl (C=O) groups is 3. The summed E-state index contributed by atoms with van der Waals surface area (Å²) in [7, 11) is 0. The smallest absolute Gasteiger partial charge is 0.407 e. The van der Waals surface area contributed by atoms with Gasteiger partial charge in [0.15, 0.2) is 0 Å². The Morgan fingerprint density at radius 2 is 1.72 bits per heavy atom. The monoisotopic (exact) mass is 417 g/mol. The minimum absolute atomic E-state index is 0.0256. The van der Waals surface area contributed by atoms with E-state index < -0.39 is 11.7 Å². The van der Waals surface area contributed by atoms with Gasteiger partial charge in [0.25, 0.3) is 0 Å². The fourth-order valence-corrected chi connectivity index (χ4v) is 3.06. The van der Waals surface area contributed by atoms with Crippen LogP contribution in [0.3, 0.4) is 0 Å². The van der Waals surface area contributed by atoms with Gasteiger partial charge < -0.3 is 20.7 Å². The van der Waals surface area contributed by atoms with Crippen molar-refractivity contribution >= 4 is 34.9 Å². The molecule has 3 N–H and O–H groups in total. The van der Waals surface area contributed by atoms with Gasteiger partial charge in [-0.05, 0) is 49.9 Å². The molecule has 0 unspecified atom stereocenters. The fraction of sp³-hybridized carbons (Fsp3) is 0.381. The molecule has 0 fully saturated rings. The molecule has 0 spiro atoms. The zero-order valence-corrected chi connectivity index (χ0v) is 17.7. The topological polar surface area (TPSA) is 96.5 Å². The molecule has 8 heteroatoms. The fourth-order valence-electron chi connectivity index (χ4n) is 2.36. The average Bonchev–Trinajstić information content (AvgIpc) is 3.12. The Morgan fingerprint density at radius 1 is 1.00 bits per heavy atom. The van der Waals surface area contributed by atoms with Crippen molar-refractivity contribution in [2.45, 2.75) is 45.8 Å². The van der Waals surface area contributed by atoms with E-state index in [9.17, 15) is 14.4 Å². The molecule has 1 aromatic heterocycles. The second kappa shape index (κ2) is 10.6. The molecule has 1 heterocycles. The number of hydrogen-bond donors (Lipinski definition) is 3. The molecular formula is C21H27N3O4S. The molecule has 29 heavy (non-hydrogen) atoms. The van der Waals surface area contributed by atoms with Crippen LogP contribution in [0.1, 0.15) is 37.6 Å². The molecule has 0 radical (unpaired) electrons. The maximum absolute atomic E-state index is 12.0. The van der Waals surface area contributed by atoms with Gasteiger partial charge in [-0.15, -0.1) is 11.3 Å². The third kappa shape index (κ3) is 9.25. The number of alkyl carbamates (subject to hydrolysis) is 1. The van der Waals surface area contributed by atoms with E-state index in [0.717, 1.165) is 10.4 Å². The number of amides is 3. The Hall–Kier alpha value is -2.87. The Morgan fingerprint density at radius 3 is 2.34 bits per heavy atom. The third-order valence-electron chi connectivity index (χ3n) is 3.66. The van der Waals surface area contributed by atoms with Crippen molar-refractivity contribution in [3.8, 4) is 0 Å². The van der Waals surface area contributed by atoms with Crippen LogP contribution in [-0.4, -0.2) is 30.1 Å². The Kier molecular flexibility index (Phi) is 8.21. The Balaban J connectivity index is 1.68. The van der Waals surface area contributed by atoms with E-state index in [0.29, 0.717) is 18.7 Å². The van der Waals surface area contributed by atoms with Crippen molar-refractivity contribution in [3.05, 3.63) is 52.2 Å². The molecule has 2 aromatic rings. The lowest BCUT2D eigenvalue weighted by Crippen LogP contribution is -2.34. The zero-order chi connectivity index (χ0) is 21.3. The molecule has 0 atom stereocenters. The minimum atomic E-state index is -0.572. The molecule has 0 saturated carbocycles. The highest BCUT2D eigenvalue weighted by Gasteiger charge is 2.15. The van der Waals surface area contributed by atoms with Crippen LogP contribution in [0.4, 0.5) is 10.5 Å². The average molecular weight is 418 g/mol. The quantitative estimate of drug-likeness (QED) is 0.613. The van der Waals surface area contributed by atoms with Gasteiger partial charge >= 0.3 is 6.09 Å². The van der Waals surface area contributed by atoms with Crippen molar-refractivity contribution in [2.75, 3.05) is 11.9 Å². The highest BCUT2D eigenvalue weighted by molar-refractivity contribution is 7.10. The predicted molar refractivity (Wildman–Crippen MR) is 114 cm³/mol. The van der Waals surface area contributed by atoms with Crippen LogP contribution in [-0.2, 0) is 27.3 Å². The van der Waals surface area contributed by atoms with E-state index in [-0.39, 0.29) is 24.8 Å². The molecular weight excluding hydrogens is 390 g/mol. The number of anilines is 1. The Bertz CT molecular complexity index is 811. The lowest BCUT2D eigenvalue weighted by atomic mass is 10.2. The number of ether oxygens (including phenoxy) is 1.